The van der Waals surface area contributed by atoms with Gasteiger partial charge in [0, 0.05) is 29.9 Å². The number of anilines is 3. The molecule has 5 nitrogen and oxygen atoms in total. The van der Waals surface area contributed by atoms with Gasteiger partial charge in [0.1, 0.15) is 0 Å². The van der Waals surface area contributed by atoms with Crippen molar-refractivity contribution in [3.05, 3.63) is 54.5 Å². The molecule has 4 rings (SSSR count). The van der Waals surface area contributed by atoms with Gasteiger partial charge in [0.2, 0.25) is 0 Å². The maximum absolute atomic E-state index is 5.42. The number of rotatable bonds is 3. The zero-order valence-electron chi connectivity index (χ0n) is 13.7. The quantitative estimate of drug-likeness (QED) is 0.800. The Labute approximate surface area is 141 Å². The van der Waals surface area contributed by atoms with Crippen LogP contribution in [0, 0.1) is 6.92 Å². The monoisotopic (exact) mass is 320 g/mol. The molecular formula is C19H20N4O. The van der Waals surface area contributed by atoms with E-state index >= 15 is 0 Å². The van der Waals surface area contributed by atoms with Crippen molar-refractivity contribution in [2.75, 3.05) is 36.5 Å². The van der Waals surface area contributed by atoms with Crippen LogP contribution in [0.5, 0.6) is 0 Å². The highest BCUT2D eigenvalue weighted by molar-refractivity contribution is 5.93. The minimum Gasteiger partial charge on any atom is -0.378 e. The summed E-state index contributed by atoms with van der Waals surface area (Å²) in [6.07, 6.45) is 3.76. The average Bonchev–Trinajstić information content (AvgIpc) is 2.62. The Balaban J connectivity index is 1.66. The van der Waals surface area contributed by atoms with Crippen molar-refractivity contribution < 1.29 is 4.74 Å². The van der Waals surface area contributed by atoms with Crippen LogP contribution in [0.15, 0.2) is 48.8 Å². The number of aryl methyl sites for hydroxylation is 1. The van der Waals surface area contributed by atoms with E-state index in [1.165, 1.54) is 0 Å². The second-order valence-corrected chi connectivity index (χ2v) is 5.98. The third-order valence-electron chi connectivity index (χ3n) is 4.22. The summed E-state index contributed by atoms with van der Waals surface area (Å²) >= 11 is 0. The van der Waals surface area contributed by atoms with Crippen LogP contribution in [-0.2, 0) is 4.74 Å². The second kappa shape index (κ2) is 6.45. The van der Waals surface area contributed by atoms with Gasteiger partial charge in [-0.1, -0.05) is 18.2 Å². The predicted molar refractivity (Wildman–Crippen MR) is 97.0 cm³/mol. The maximum atomic E-state index is 5.42. The van der Waals surface area contributed by atoms with E-state index in [1.807, 2.05) is 37.5 Å². The van der Waals surface area contributed by atoms with Crippen molar-refractivity contribution >= 4 is 28.0 Å². The van der Waals surface area contributed by atoms with Crippen molar-refractivity contribution in [1.82, 2.24) is 9.97 Å². The molecule has 0 amide bonds. The van der Waals surface area contributed by atoms with Gasteiger partial charge in [0.15, 0.2) is 0 Å². The van der Waals surface area contributed by atoms with Crippen LogP contribution < -0.4 is 10.2 Å². The Morgan fingerprint density at radius 1 is 1.08 bits per heavy atom. The summed E-state index contributed by atoms with van der Waals surface area (Å²) in [6.45, 7) is 5.36. The summed E-state index contributed by atoms with van der Waals surface area (Å²) < 4.78 is 5.42. The van der Waals surface area contributed by atoms with Gasteiger partial charge in [-0.25, -0.2) is 0 Å². The average molecular weight is 320 g/mol. The lowest BCUT2D eigenvalue weighted by atomic mass is 10.1. The number of aromatic nitrogens is 2. The first-order valence-corrected chi connectivity index (χ1v) is 8.21. The van der Waals surface area contributed by atoms with Crippen molar-refractivity contribution in [3.63, 3.8) is 0 Å². The number of hydrogen-bond acceptors (Lipinski definition) is 5. The number of nitrogens with zero attached hydrogens (tertiary/aromatic N) is 3. The molecule has 2 aromatic heterocycles. The normalized spacial score (nSPS) is 14.8. The maximum Gasteiger partial charge on any atom is 0.0726 e. The summed E-state index contributed by atoms with van der Waals surface area (Å²) in [7, 11) is 0. The van der Waals surface area contributed by atoms with Gasteiger partial charge in [-0.2, -0.15) is 0 Å². The molecule has 3 heterocycles. The molecule has 1 N–H and O–H groups in total. The van der Waals surface area contributed by atoms with Crippen LogP contribution in [0.3, 0.4) is 0 Å². The standard InChI is InChI=1S/C19H20N4O/c1-14-10-19(17-4-2-3-5-18(17)21-14)22-15-11-16(13-20-12-15)23-6-8-24-9-7-23/h2-5,10-13H,6-9H2,1H3,(H,21,22). The van der Waals surface area contributed by atoms with E-state index in [0.717, 1.165) is 60.0 Å². The van der Waals surface area contributed by atoms with E-state index < -0.39 is 0 Å². The zero-order valence-corrected chi connectivity index (χ0v) is 13.7. The van der Waals surface area contributed by atoms with E-state index in [1.54, 1.807) is 0 Å². The largest absolute Gasteiger partial charge is 0.378 e. The fourth-order valence-corrected chi connectivity index (χ4v) is 3.06. The number of benzene rings is 1. The Kier molecular flexibility index (Phi) is 4.01. The lowest BCUT2D eigenvalue weighted by Crippen LogP contribution is -2.36. The molecule has 1 saturated heterocycles. The number of para-hydroxylation sites is 1. The van der Waals surface area contributed by atoms with Gasteiger partial charge in [-0.15, -0.1) is 0 Å². The van der Waals surface area contributed by atoms with Crippen LogP contribution in [-0.4, -0.2) is 36.3 Å². The number of pyridine rings is 2. The number of nitrogens with one attached hydrogen (secondary N) is 1. The first kappa shape index (κ1) is 14.9. The van der Waals surface area contributed by atoms with Crippen LogP contribution in [0.4, 0.5) is 17.1 Å². The first-order valence-electron chi connectivity index (χ1n) is 8.21. The molecule has 122 valence electrons. The number of morpholine rings is 1. The van der Waals surface area contributed by atoms with Gasteiger partial charge in [0.05, 0.1) is 42.5 Å². The molecule has 0 saturated carbocycles. The number of ether oxygens (including phenoxy) is 1. The molecule has 3 aromatic rings. The Bertz CT molecular complexity index is 859. The molecule has 1 aromatic carbocycles. The Morgan fingerprint density at radius 2 is 1.92 bits per heavy atom. The fourth-order valence-electron chi connectivity index (χ4n) is 3.06. The molecule has 0 radical (unpaired) electrons. The predicted octanol–water partition coefficient (Wildman–Crippen LogP) is 3.52. The molecule has 0 bridgehead atoms. The second-order valence-electron chi connectivity index (χ2n) is 5.98. The molecule has 0 unspecified atom stereocenters. The smallest absolute Gasteiger partial charge is 0.0726 e. The molecular weight excluding hydrogens is 300 g/mol. The SMILES string of the molecule is Cc1cc(Nc2cncc(N3CCOCC3)c2)c2ccccc2n1. The highest BCUT2D eigenvalue weighted by Crippen LogP contribution is 2.27. The van der Waals surface area contributed by atoms with Gasteiger partial charge >= 0.3 is 0 Å². The summed E-state index contributed by atoms with van der Waals surface area (Å²) in [6, 6.07) is 12.4. The molecule has 5 heteroatoms. The molecule has 0 atom stereocenters. The van der Waals surface area contributed by atoms with Crippen LogP contribution in [0.25, 0.3) is 10.9 Å². The summed E-state index contributed by atoms with van der Waals surface area (Å²) in [5.41, 5.74) is 5.15. The Hall–Kier alpha value is -2.66. The minimum absolute atomic E-state index is 0.770. The minimum atomic E-state index is 0.770. The molecule has 24 heavy (non-hydrogen) atoms. The van der Waals surface area contributed by atoms with E-state index in [-0.39, 0.29) is 0 Å². The third kappa shape index (κ3) is 3.03. The third-order valence-corrected chi connectivity index (χ3v) is 4.22. The first-order chi connectivity index (χ1) is 11.8. The molecule has 0 spiro atoms. The zero-order chi connectivity index (χ0) is 16.4. The van der Waals surface area contributed by atoms with Gasteiger partial charge in [0.25, 0.3) is 0 Å². The van der Waals surface area contributed by atoms with Crippen molar-refractivity contribution in [1.29, 1.82) is 0 Å². The Morgan fingerprint density at radius 3 is 2.79 bits per heavy atom. The highest BCUT2D eigenvalue weighted by Gasteiger charge is 2.12. The van der Waals surface area contributed by atoms with Crippen LogP contribution >= 0.6 is 0 Å². The summed E-state index contributed by atoms with van der Waals surface area (Å²) in [5, 5.41) is 4.62. The van der Waals surface area contributed by atoms with E-state index in [9.17, 15) is 0 Å². The molecule has 1 fully saturated rings. The van der Waals surface area contributed by atoms with Gasteiger partial charge in [-0.05, 0) is 25.1 Å². The van der Waals surface area contributed by atoms with E-state index in [2.05, 4.69) is 38.4 Å². The lowest BCUT2D eigenvalue weighted by molar-refractivity contribution is 0.122. The molecule has 1 aliphatic heterocycles. The van der Waals surface area contributed by atoms with Crippen molar-refractivity contribution in [3.8, 4) is 0 Å². The van der Waals surface area contributed by atoms with Crippen LogP contribution in [0.2, 0.25) is 0 Å². The van der Waals surface area contributed by atoms with Crippen LogP contribution in [0.1, 0.15) is 5.69 Å². The van der Waals surface area contributed by atoms with Crippen molar-refractivity contribution in [2.45, 2.75) is 6.92 Å². The van der Waals surface area contributed by atoms with Crippen molar-refractivity contribution in [2.24, 2.45) is 0 Å². The van der Waals surface area contributed by atoms with E-state index in [0.29, 0.717) is 0 Å². The van der Waals surface area contributed by atoms with Gasteiger partial charge in [-0.3, -0.25) is 9.97 Å². The lowest BCUT2D eigenvalue weighted by Gasteiger charge is -2.28. The number of hydrogen-bond donors (Lipinski definition) is 1. The molecule has 0 aliphatic carbocycles. The van der Waals surface area contributed by atoms with Gasteiger partial charge < -0.3 is 15.0 Å². The summed E-state index contributed by atoms with van der Waals surface area (Å²) in [5.74, 6) is 0. The van der Waals surface area contributed by atoms with E-state index in [4.69, 9.17) is 4.74 Å². The number of fused-ring (bicyclic) bond motifs is 1. The highest BCUT2D eigenvalue weighted by atomic mass is 16.5. The topological polar surface area (TPSA) is 50.3 Å². The molecule has 1 aliphatic rings. The fraction of sp³-hybridized carbons (Fsp3) is 0.263. The summed E-state index contributed by atoms with van der Waals surface area (Å²) in [4.78, 5) is 11.3.